The van der Waals surface area contributed by atoms with E-state index in [-0.39, 0.29) is 5.56 Å². The van der Waals surface area contributed by atoms with Gasteiger partial charge in [-0.2, -0.15) is 4.39 Å². The number of ether oxygens (including phenoxy) is 1. The third-order valence-corrected chi connectivity index (χ3v) is 2.98. The van der Waals surface area contributed by atoms with Crippen LogP contribution in [0.5, 0.6) is 0 Å². The molecule has 1 aromatic heterocycles. The van der Waals surface area contributed by atoms with Gasteiger partial charge in [-0.25, -0.2) is 9.78 Å². The highest BCUT2D eigenvalue weighted by molar-refractivity contribution is 6.05. The Labute approximate surface area is 120 Å². The minimum Gasteiger partial charge on any atom is -0.465 e. The van der Waals surface area contributed by atoms with E-state index in [2.05, 4.69) is 15.0 Å². The zero-order valence-corrected chi connectivity index (χ0v) is 11.5. The fourth-order valence-corrected chi connectivity index (χ4v) is 1.84. The van der Waals surface area contributed by atoms with Crippen LogP contribution in [0.1, 0.15) is 26.3 Å². The van der Waals surface area contributed by atoms with Crippen LogP contribution in [0.4, 0.5) is 10.1 Å². The number of methoxy groups -OCH3 is 1. The summed E-state index contributed by atoms with van der Waals surface area (Å²) in [5, 5.41) is 2.63. The molecule has 0 radical (unpaired) electrons. The lowest BCUT2D eigenvalue weighted by atomic mass is 10.1. The number of rotatable bonds is 3. The van der Waals surface area contributed by atoms with Crippen molar-refractivity contribution >= 4 is 17.6 Å². The van der Waals surface area contributed by atoms with E-state index in [0.717, 1.165) is 6.07 Å². The Morgan fingerprint density at radius 3 is 2.71 bits per heavy atom. The Morgan fingerprint density at radius 1 is 1.29 bits per heavy atom. The van der Waals surface area contributed by atoms with Gasteiger partial charge in [0, 0.05) is 23.5 Å². The minimum absolute atomic E-state index is 0.144. The molecule has 0 bridgehead atoms. The van der Waals surface area contributed by atoms with Crippen molar-refractivity contribution in [2.75, 3.05) is 12.4 Å². The highest BCUT2D eigenvalue weighted by Crippen LogP contribution is 2.20. The van der Waals surface area contributed by atoms with Gasteiger partial charge in [-0.15, -0.1) is 0 Å². The van der Waals surface area contributed by atoms with Gasteiger partial charge in [-0.05, 0) is 30.7 Å². The Morgan fingerprint density at radius 2 is 2.05 bits per heavy atom. The van der Waals surface area contributed by atoms with Gasteiger partial charge < -0.3 is 10.1 Å². The van der Waals surface area contributed by atoms with Gasteiger partial charge >= 0.3 is 5.97 Å². The molecule has 108 valence electrons. The number of nitrogens with zero attached hydrogens (tertiary/aromatic N) is 1. The van der Waals surface area contributed by atoms with Crippen molar-refractivity contribution in [2.24, 2.45) is 0 Å². The van der Waals surface area contributed by atoms with Crippen LogP contribution in [0.3, 0.4) is 0 Å². The molecule has 5 nitrogen and oxygen atoms in total. The maximum absolute atomic E-state index is 13.0. The van der Waals surface area contributed by atoms with Crippen molar-refractivity contribution in [3.8, 4) is 0 Å². The molecule has 1 heterocycles. The first-order chi connectivity index (χ1) is 10.0. The fourth-order valence-electron chi connectivity index (χ4n) is 1.84. The Hall–Kier alpha value is -2.76. The van der Waals surface area contributed by atoms with Crippen molar-refractivity contribution in [2.45, 2.75) is 6.92 Å². The number of halogens is 1. The molecule has 0 spiro atoms. The molecule has 0 fully saturated rings. The van der Waals surface area contributed by atoms with Crippen molar-refractivity contribution in [3.05, 3.63) is 59.2 Å². The number of pyridine rings is 1. The van der Waals surface area contributed by atoms with Gasteiger partial charge in [0.25, 0.3) is 5.91 Å². The van der Waals surface area contributed by atoms with Crippen molar-refractivity contribution in [1.29, 1.82) is 0 Å². The van der Waals surface area contributed by atoms with E-state index in [0.29, 0.717) is 16.8 Å². The number of amides is 1. The minimum atomic E-state index is -0.734. The number of esters is 1. The summed E-state index contributed by atoms with van der Waals surface area (Å²) >= 11 is 0. The van der Waals surface area contributed by atoms with Crippen LogP contribution in [-0.2, 0) is 4.74 Å². The van der Waals surface area contributed by atoms with Crippen molar-refractivity contribution in [3.63, 3.8) is 0 Å². The molecule has 0 saturated heterocycles. The maximum Gasteiger partial charge on any atom is 0.338 e. The lowest BCUT2D eigenvalue weighted by Gasteiger charge is -2.11. The first-order valence-electron chi connectivity index (χ1n) is 6.13. The molecule has 6 heteroatoms. The number of nitrogens with one attached hydrogen (secondary N) is 1. The Kier molecular flexibility index (Phi) is 4.27. The lowest BCUT2D eigenvalue weighted by Crippen LogP contribution is -2.14. The highest BCUT2D eigenvalue weighted by Gasteiger charge is 2.14. The standard InChI is InChI=1S/C15H13FN2O3/c1-9-11(15(20)21-2)4-3-5-12(9)18-14(19)10-6-7-17-13(16)8-10/h3-8H,1-2H3,(H,18,19). The largest absolute Gasteiger partial charge is 0.465 e. The summed E-state index contributed by atoms with van der Waals surface area (Å²) in [6.07, 6.45) is 1.21. The molecule has 0 aliphatic carbocycles. The molecule has 1 amide bonds. The van der Waals surface area contributed by atoms with Crippen LogP contribution in [0.15, 0.2) is 36.5 Å². The summed E-state index contributed by atoms with van der Waals surface area (Å²) in [6, 6.07) is 7.31. The SMILES string of the molecule is COC(=O)c1cccc(NC(=O)c2ccnc(F)c2)c1C. The predicted molar refractivity (Wildman–Crippen MR) is 74.7 cm³/mol. The van der Waals surface area contributed by atoms with Crippen LogP contribution >= 0.6 is 0 Å². The number of carbonyl (C=O) groups is 2. The van der Waals surface area contributed by atoms with Crippen molar-refractivity contribution in [1.82, 2.24) is 4.98 Å². The lowest BCUT2D eigenvalue weighted by molar-refractivity contribution is 0.0599. The average molecular weight is 288 g/mol. The number of hydrogen-bond acceptors (Lipinski definition) is 4. The third kappa shape index (κ3) is 3.22. The summed E-state index contributed by atoms with van der Waals surface area (Å²) in [4.78, 5) is 27.0. The molecule has 2 aromatic rings. The topological polar surface area (TPSA) is 68.3 Å². The van der Waals surface area contributed by atoms with E-state index < -0.39 is 17.8 Å². The van der Waals surface area contributed by atoms with Gasteiger partial charge in [0.15, 0.2) is 0 Å². The van der Waals surface area contributed by atoms with Gasteiger partial charge in [0.1, 0.15) is 0 Å². The maximum atomic E-state index is 13.0. The number of benzene rings is 1. The second kappa shape index (κ2) is 6.13. The zero-order valence-electron chi connectivity index (χ0n) is 11.5. The molecule has 21 heavy (non-hydrogen) atoms. The normalized spacial score (nSPS) is 10.0. The van der Waals surface area contributed by atoms with E-state index in [1.54, 1.807) is 25.1 Å². The third-order valence-electron chi connectivity index (χ3n) is 2.98. The molecule has 0 aliphatic rings. The molecule has 0 aliphatic heterocycles. The van der Waals surface area contributed by atoms with Gasteiger partial charge in [0.2, 0.25) is 5.95 Å². The van der Waals surface area contributed by atoms with Crippen LogP contribution in [0.25, 0.3) is 0 Å². The average Bonchev–Trinajstić information content (AvgIpc) is 2.48. The molecule has 2 rings (SSSR count). The van der Waals surface area contributed by atoms with Crippen LogP contribution in [-0.4, -0.2) is 24.0 Å². The van der Waals surface area contributed by atoms with Gasteiger partial charge in [-0.3, -0.25) is 4.79 Å². The quantitative estimate of drug-likeness (QED) is 0.696. The molecule has 0 atom stereocenters. The van der Waals surface area contributed by atoms with E-state index in [9.17, 15) is 14.0 Å². The summed E-state index contributed by atoms with van der Waals surface area (Å²) in [5.41, 5.74) is 1.54. The monoisotopic (exact) mass is 288 g/mol. The van der Waals surface area contributed by atoms with Crippen LogP contribution in [0, 0.1) is 12.9 Å². The number of anilines is 1. The molecular formula is C15H13FN2O3. The van der Waals surface area contributed by atoms with Crippen LogP contribution in [0.2, 0.25) is 0 Å². The summed E-state index contributed by atoms with van der Waals surface area (Å²) < 4.78 is 17.7. The predicted octanol–water partition coefficient (Wildman–Crippen LogP) is 2.57. The second-order valence-electron chi connectivity index (χ2n) is 4.29. The first-order valence-corrected chi connectivity index (χ1v) is 6.13. The zero-order chi connectivity index (χ0) is 15.4. The second-order valence-corrected chi connectivity index (χ2v) is 4.29. The van der Waals surface area contributed by atoms with Crippen molar-refractivity contribution < 1.29 is 18.7 Å². The van der Waals surface area contributed by atoms with Crippen LogP contribution < -0.4 is 5.32 Å². The molecule has 0 saturated carbocycles. The molecule has 1 aromatic carbocycles. The van der Waals surface area contributed by atoms with E-state index in [4.69, 9.17) is 0 Å². The van der Waals surface area contributed by atoms with Gasteiger partial charge in [-0.1, -0.05) is 6.07 Å². The number of hydrogen-bond donors (Lipinski definition) is 1. The van der Waals surface area contributed by atoms with E-state index in [1.807, 2.05) is 0 Å². The summed E-state index contributed by atoms with van der Waals surface area (Å²) in [7, 11) is 1.28. The number of carbonyl (C=O) groups excluding carboxylic acids is 2. The molecule has 0 unspecified atom stereocenters. The smallest absolute Gasteiger partial charge is 0.338 e. The Balaban J connectivity index is 2.28. The first kappa shape index (κ1) is 14.6. The molecular weight excluding hydrogens is 275 g/mol. The summed E-state index contributed by atoms with van der Waals surface area (Å²) in [6.45, 7) is 1.69. The van der Waals surface area contributed by atoms with E-state index in [1.165, 1.54) is 19.4 Å². The Bertz CT molecular complexity index is 701. The van der Waals surface area contributed by atoms with E-state index >= 15 is 0 Å². The highest BCUT2D eigenvalue weighted by atomic mass is 19.1. The summed E-state index contributed by atoms with van der Waals surface area (Å²) in [5.74, 6) is -1.71. The van der Waals surface area contributed by atoms with Gasteiger partial charge in [0.05, 0.1) is 12.7 Å². The number of aromatic nitrogens is 1. The fraction of sp³-hybridized carbons (Fsp3) is 0.133. The molecule has 1 N–H and O–H groups in total.